The fraction of sp³-hybridized carbons (Fsp3) is 0.219. The number of nitrogens with zero attached hydrogens (tertiary/aromatic N) is 1. The highest BCUT2D eigenvalue weighted by molar-refractivity contribution is 6.22. The lowest BCUT2D eigenvalue weighted by atomic mass is 9.82. The van der Waals surface area contributed by atoms with E-state index in [2.05, 4.69) is 0 Å². The molecule has 1 aliphatic heterocycles. The highest BCUT2D eigenvalue weighted by atomic mass is 16.5. The Morgan fingerprint density at radius 1 is 0.805 bits per heavy atom. The first-order valence-electron chi connectivity index (χ1n) is 13.1. The fourth-order valence-electron chi connectivity index (χ4n) is 4.99. The van der Waals surface area contributed by atoms with Crippen LogP contribution in [0, 0.1) is 11.8 Å². The third-order valence-electron chi connectivity index (χ3n) is 7.19. The number of hydrogen-bond acceptors (Lipinski definition) is 8. The van der Waals surface area contributed by atoms with Crippen LogP contribution in [-0.2, 0) is 14.3 Å². The molecule has 1 fully saturated rings. The number of amides is 2. The molecular formula is C32H27NO8. The van der Waals surface area contributed by atoms with Crippen molar-refractivity contribution >= 4 is 35.2 Å². The average molecular weight is 554 g/mol. The summed E-state index contributed by atoms with van der Waals surface area (Å²) < 4.78 is 15.7. The summed E-state index contributed by atoms with van der Waals surface area (Å²) in [6, 6.07) is 18.5. The minimum atomic E-state index is -0.766. The number of esters is 2. The van der Waals surface area contributed by atoms with Gasteiger partial charge >= 0.3 is 11.9 Å². The monoisotopic (exact) mass is 553 g/mol. The summed E-state index contributed by atoms with van der Waals surface area (Å²) >= 11 is 0. The Morgan fingerprint density at radius 3 is 2.22 bits per heavy atom. The Morgan fingerprint density at radius 2 is 1.49 bits per heavy atom. The van der Waals surface area contributed by atoms with Gasteiger partial charge in [0.2, 0.25) is 11.8 Å². The molecular weight excluding hydrogens is 526 g/mol. The molecule has 1 saturated heterocycles. The minimum absolute atomic E-state index is 0.111. The van der Waals surface area contributed by atoms with Gasteiger partial charge in [-0.3, -0.25) is 19.3 Å². The molecule has 1 aliphatic carbocycles. The van der Waals surface area contributed by atoms with Crippen molar-refractivity contribution in [3.8, 4) is 11.5 Å². The summed E-state index contributed by atoms with van der Waals surface area (Å²) in [4.78, 5) is 64.9. The molecule has 0 spiro atoms. The van der Waals surface area contributed by atoms with Crippen LogP contribution >= 0.6 is 0 Å². The van der Waals surface area contributed by atoms with Crippen LogP contribution in [-0.4, -0.2) is 43.3 Å². The number of hydrogen-bond donors (Lipinski definition) is 0. The molecule has 2 atom stereocenters. The third-order valence-corrected chi connectivity index (χ3v) is 7.19. The predicted octanol–water partition coefficient (Wildman–Crippen LogP) is 4.80. The minimum Gasteiger partial charge on any atom is -0.497 e. The lowest BCUT2D eigenvalue weighted by Gasteiger charge is -2.18. The second-order valence-corrected chi connectivity index (χ2v) is 9.91. The number of Topliss-reactive ketones (excluding diaryl/α,β-unsaturated/α-hetero) is 1. The van der Waals surface area contributed by atoms with Gasteiger partial charge in [-0.25, -0.2) is 9.59 Å². The van der Waals surface area contributed by atoms with E-state index in [-0.39, 0.29) is 28.7 Å². The number of carbonyl (C=O) groups is 5. The quantitative estimate of drug-likeness (QED) is 0.128. The topological polar surface area (TPSA) is 116 Å². The van der Waals surface area contributed by atoms with Gasteiger partial charge in [0.15, 0.2) is 12.4 Å². The molecule has 208 valence electrons. The van der Waals surface area contributed by atoms with Gasteiger partial charge in [0.25, 0.3) is 0 Å². The van der Waals surface area contributed by atoms with Gasteiger partial charge in [-0.05, 0) is 80.4 Å². The molecule has 3 aromatic carbocycles. The second-order valence-electron chi connectivity index (χ2n) is 9.91. The van der Waals surface area contributed by atoms with Gasteiger partial charge in [0, 0.05) is 5.56 Å². The number of carbonyl (C=O) groups excluding carboxylic acids is 5. The highest BCUT2D eigenvalue weighted by Gasteiger charge is 2.48. The van der Waals surface area contributed by atoms with Crippen molar-refractivity contribution in [1.29, 1.82) is 0 Å². The maximum atomic E-state index is 13.0. The molecule has 2 amide bonds. The van der Waals surface area contributed by atoms with E-state index in [1.165, 1.54) is 43.5 Å². The summed E-state index contributed by atoms with van der Waals surface area (Å²) in [7, 11) is 1.50. The molecule has 2 aliphatic rings. The largest absolute Gasteiger partial charge is 0.497 e. The normalized spacial score (nSPS) is 17.9. The number of benzene rings is 3. The Labute approximate surface area is 236 Å². The molecule has 0 saturated carbocycles. The number of ketones is 1. The van der Waals surface area contributed by atoms with Crippen molar-refractivity contribution in [2.75, 3.05) is 18.6 Å². The van der Waals surface area contributed by atoms with E-state index in [1.807, 2.05) is 13.0 Å². The number of imide groups is 1. The molecule has 5 rings (SSSR count). The molecule has 9 heteroatoms. The van der Waals surface area contributed by atoms with E-state index in [1.54, 1.807) is 36.4 Å². The zero-order valence-electron chi connectivity index (χ0n) is 22.5. The van der Waals surface area contributed by atoms with Gasteiger partial charge in [0.05, 0.1) is 35.8 Å². The van der Waals surface area contributed by atoms with Crippen molar-refractivity contribution in [3.63, 3.8) is 0 Å². The molecule has 0 N–H and O–H groups in total. The van der Waals surface area contributed by atoms with Crippen LogP contribution in [0.3, 0.4) is 0 Å². The van der Waals surface area contributed by atoms with Crippen molar-refractivity contribution in [1.82, 2.24) is 0 Å². The van der Waals surface area contributed by atoms with Crippen LogP contribution in [0.5, 0.6) is 11.5 Å². The van der Waals surface area contributed by atoms with Gasteiger partial charge in [-0.2, -0.15) is 0 Å². The molecule has 0 bridgehead atoms. The fourth-order valence-corrected chi connectivity index (χ4v) is 4.99. The van der Waals surface area contributed by atoms with E-state index in [0.29, 0.717) is 29.8 Å². The summed E-state index contributed by atoms with van der Waals surface area (Å²) in [5.74, 6) is -2.39. The zero-order valence-corrected chi connectivity index (χ0v) is 22.5. The van der Waals surface area contributed by atoms with Crippen LogP contribution in [0.25, 0.3) is 0 Å². The SMILES string of the molecule is COc1cccc(C(=O)Oc2ccc(C(=O)COC(=O)c3cccc(N4C(=O)C5CC=C(C)CC5C4=O)c3)cc2)c1. The first-order chi connectivity index (χ1) is 19.7. The van der Waals surface area contributed by atoms with Crippen molar-refractivity contribution in [2.24, 2.45) is 11.8 Å². The van der Waals surface area contributed by atoms with Crippen LogP contribution in [0.4, 0.5) is 5.69 Å². The Hall–Kier alpha value is -5.05. The first-order valence-corrected chi connectivity index (χ1v) is 13.1. The van der Waals surface area contributed by atoms with Crippen LogP contribution < -0.4 is 14.4 Å². The van der Waals surface area contributed by atoms with E-state index < -0.39 is 36.2 Å². The summed E-state index contributed by atoms with van der Waals surface area (Å²) in [5, 5.41) is 0. The number of methoxy groups -OCH3 is 1. The van der Waals surface area contributed by atoms with Gasteiger partial charge in [0.1, 0.15) is 11.5 Å². The number of ether oxygens (including phenoxy) is 3. The molecule has 1 heterocycles. The molecule has 41 heavy (non-hydrogen) atoms. The Bertz CT molecular complexity index is 1570. The van der Waals surface area contributed by atoms with Crippen LogP contribution in [0.1, 0.15) is 50.8 Å². The summed E-state index contributed by atoms with van der Waals surface area (Å²) in [6.07, 6.45) is 3.05. The first kappa shape index (κ1) is 27.5. The van der Waals surface area contributed by atoms with Crippen LogP contribution in [0.2, 0.25) is 0 Å². The van der Waals surface area contributed by atoms with E-state index in [0.717, 1.165) is 10.5 Å². The molecule has 0 radical (unpaired) electrons. The molecule has 3 aromatic rings. The standard InChI is InChI=1S/C32H27NO8/c1-19-9-14-26-27(15-19)30(36)33(29(26)35)23-7-3-5-21(16-23)31(37)40-18-28(34)20-10-12-24(13-11-20)41-32(38)22-6-4-8-25(17-22)39-2/h3-13,16-17,26-27H,14-15,18H2,1-2H3. The summed E-state index contributed by atoms with van der Waals surface area (Å²) in [5.41, 5.74) is 2.06. The third kappa shape index (κ3) is 5.79. The lowest BCUT2D eigenvalue weighted by Crippen LogP contribution is -2.31. The number of fused-ring (bicyclic) bond motifs is 1. The van der Waals surface area contributed by atoms with E-state index in [4.69, 9.17) is 14.2 Å². The Kier molecular flexibility index (Phi) is 7.78. The van der Waals surface area contributed by atoms with Gasteiger partial charge in [-0.15, -0.1) is 0 Å². The lowest BCUT2D eigenvalue weighted by molar-refractivity contribution is -0.122. The smallest absolute Gasteiger partial charge is 0.343 e. The average Bonchev–Trinajstić information content (AvgIpc) is 3.24. The zero-order chi connectivity index (χ0) is 29.1. The van der Waals surface area contributed by atoms with Crippen molar-refractivity contribution in [3.05, 3.63) is 101 Å². The predicted molar refractivity (Wildman–Crippen MR) is 148 cm³/mol. The summed E-state index contributed by atoms with van der Waals surface area (Å²) in [6.45, 7) is 1.42. The Balaban J connectivity index is 1.18. The maximum absolute atomic E-state index is 13.0. The highest BCUT2D eigenvalue weighted by Crippen LogP contribution is 2.39. The van der Waals surface area contributed by atoms with Gasteiger partial charge in [-0.1, -0.05) is 23.8 Å². The second kappa shape index (κ2) is 11.6. The maximum Gasteiger partial charge on any atom is 0.343 e. The molecule has 2 unspecified atom stereocenters. The molecule has 9 nitrogen and oxygen atoms in total. The number of rotatable bonds is 8. The van der Waals surface area contributed by atoms with E-state index in [9.17, 15) is 24.0 Å². The van der Waals surface area contributed by atoms with Crippen molar-refractivity contribution in [2.45, 2.75) is 19.8 Å². The number of anilines is 1. The molecule has 0 aromatic heterocycles. The number of allylic oxidation sites excluding steroid dienone is 2. The van der Waals surface area contributed by atoms with Gasteiger partial charge < -0.3 is 14.2 Å². The van der Waals surface area contributed by atoms with E-state index >= 15 is 0 Å². The van der Waals surface area contributed by atoms with Crippen LogP contribution in [0.15, 0.2) is 84.4 Å². The van der Waals surface area contributed by atoms with Crippen molar-refractivity contribution < 1.29 is 38.2 Å².